The van der Waals surface area contributed by atoms with Gasteiger partial charge in [-0.15, -0.1) is 0 Å². The van der Waals surface area contributed by atoms with Crippen LogP contribution < -0.4 is 0 Å². The van der Waals surface area contributed by atoms with Crippen molar-refractivity contribution in [2.45, 2.75) is 74.6 Å². The van der Waals surface area contributed by atoms with Crippen LogP contribution in [0, 0.1) is 5.41 Å². The number of imidazole rings is 1. The molecule has 0 N–H and O–H groups in total. The second-order valence-electron chi connectivity index (χ2n) is 9.73. The Morgan fingerprint density at radius 3 is 2.47 bits per heavy atom. The van der Waals surface area contributed by atoms with Crippen LogP contribution in [0.3, 0.4) is 0 Å². The van der Waals surface area contributed by atoms with Gasteiger partial charge in [0.05, 0.1) is 6.33 Å². The summed E-state index contributed by atoms with van der Waals surface area (Å²) in [6, 6.07) is 11.1. The smallest absolute Gasteiger partial charge is 0.262 e. The third-order valence-corrected chi connectivity index (χ3v) is 9.80. The number of nitrogens with zero attached hydrogens (tertiary/aromatic N) is 4. The third-order valence-electron chi connectivity index (χ3n) is 7.98. The molecule has 7 heteroatoms. The number of sulfonamides is 1. The van der Waals surface area contributed by atoms with Crippen molar-refractivity contribution in [2.75, 3.05) is 7.05 Å². The zero-order valence-corrected chi connectivity index (χ0v) is 18.9. The first-order chi connectivity index (χ1) is 14.3. The topological polar surface area (TPSA) is 58.4 Å². The van der Waals surface area contributed by atoms with Gasteiger partial charge in [-0.05, 0) is 38.3 Å². The van der Waals surface area contributed by atoms with Crippen molar-refractivity contribution in [2.24, 2.45) is 12.5 Å². The summed E-state index contributed by atoms with van der Waals surface area (Å²) in [5.41, 5.74) is 1.26. The fourth-order valence-electron chi connectivity index (χ4n) is 6.61. The van der Waals surface area contributed by atoms with Crippen LogP contribution in [0.5, 0.6) is 0 Å². The minimum Gasteiger partial charge on any atom is -0.339 e. The van der Waals surface area contributed by atoms with Crippen LogP contribution in [-0.2, 0) is 23.5 Å². The van der Waals surface area contributed by atoms with Crippen LogP contribution in [0.4, 0.5) is 0 Å². The number of aryl methyl sites for hydroxylation is 1. The van der Waals surface area contributed by atoms with E-state index in [2.05, 4.69) is 48.1 Å². The predicted octanol–water partition coefficient (Wildman–Crippen LogP) is 3.06. The second-order valence-corrected chi connectivity index (χ2v) is 11.5. The highest BCUT2D eigenvalue weighted by atomic mass is 32.2. The number of fused-ring (bicyclic) bond motifs is 1. The Balaban J connectivity index is 1.61. The molecule has 30 heavy (non-hydrogen) atoms. The van der Waals surface area contributed by atoms with Gasteiger partial charge in [-0.25, -0.2) is 13.4 Å². The molecule has 2 bridgehead atoms. The van der Waals surface area contributed by atoms with Crippen molar-refractivity contribution in [3.8, 4) is 0 Å². The lowest BCUT2D eigenvalue weighted by molar-refractivity contribution is 0.0168. The lowest BCUT2D eigenvalue weighted by Gasteiger charge is -2.49. The minimum atomic E-state index is -3.65. The molecule has 2 saturated heterocycles. The van der Waals surface area contributed by atoms with Gasteiger partial charge in [0.2, 0.25) is 0 Å². The van der Waals surface area contributed by atoms with E-state index in [1.54, 1.807) is 17.1 Å². The summed E-state index contributed by atoms with van der Waals surface area (Å²) in [5.74, 6) is 0. The summed E-state index contributed by atoms with van der Waals surface area (Å²) >= 11 is 0. The number of likely N-dealkylation sites (tertiary alicyclic amines) is 1. The quantitative estimate of drug-likeness (QED) is 0.751. The van der Waals surface area contributed by atoms with Crippen molar-refractivity contribution in [1.29, 1.82) is 0 Å². The Morgan fingerprint density at radius 2 is 1.80 bits per heavy atom. The standard InChI is InChI=1S/C23H32N4O2S/c1-23-14-19-18(13-17-9-5-4-6-10-17)26(3)20(23)11-7-8-12-21(23)27(19)30(28,29)22-15-25(2)16-24-22/h4-6,9-10,15-16,18-21H,7-8,11-14H2,1-3H3/t18-,19+,20-,21+,23-/m1/s1. The van der Waals surface area contributed by atoms with Gasteiger partial charge in [-0.1, -0.05) is 50.1 Å². The molecule has 5 atom stereocenters. The van der Waals surface area contributed by atoms with E-state index in [4.69, 9.17) is 0 Å². The van der Waals surface area contributed by atoms with Crippen molar-refractivity contribution in [3.05, 3.63) is 48.4 Å². The fraction of sp³-hybridized carbons (Fsp3) is 0.609. The number of hydrogen-bond acceptors (Lipinski definition) is 4. The first-order valence-corrected chi connectivity index (χ1v) is 12.5. The first kappa shape index (κ1) is 20.2. The first-order valence-electron chi connectivity index (χ1n) is 11.1. The molecule has 3 heterocycles. The molecular formula is C23H32N4O2S. The highest BCUT2D eigenvalue weighted by Gasteiger charge is 2.64. The Labute approximate surface area is 179 Å². The second kappa shape index (κ2) is 7.18. The van der Waals surface area contributed by atoms with Gasteiger partial charge in [0.15, 0.2) is 5.03 Å². The fourth-order valence-corrected chi connectivity index (χ4v) is 8.56. The summed E-state index contributed by atoms with van der Waals surface area (Å²) in [4.78, 5) is 6.77. The Bertz CT molecular complexity index is 1020. The van der Waals surface area contributed by atoms with Crippen LogP contribution >= 0.6 is 0 Å². The molecule has 1 aromatic heterocycles. The molecule has 162 valence electrons. The highest BCUT2D eigenvalue weighted by Crippen LogP contribution is 2.56. The monoisotopic (exact) mass is 428 g/mol. The number of rotatable bonds is 4. The molecule has 3 fully saturated rings. The molecule has 5 rings (SSSR count). The van der Waals surface area contributed by atoms with E-state index in [1.165, 1.54) is 12.0 Å². The largest absolute Gasteiger partial charge is 0.339 e. The van der Waals surface area contributed by atoms with Gasteiger partial charge in [-0.3, -0.25) is 4.90 Å². The van der Waals surface area contributed by atoms with E-state index in [0.29, 0.717) is 6.04 Å². The predicted molar refractivity (Wildman–Crippen MR) is 116 cm³/mol. The average Bonchev–Trinajstić information content (AvgIpc) is 3.22. The molecular weight excluding hydrogens is 396 g/mol. The van der Waals surface area contributed by atoms with E-state index >= 15 is 0 Å². The maximum Gasteiger partial charge on any atom is 0.262 e. The molecule has 0 amide bonds. The van der Waals surface area contributed by atoms with Gasteiger partial charge in [-0.2, -0.15) is 4.31 Å². The third kappa shape index (κ3) is 2.97. The molecule has 0 unspecified atom stereocenters. The molecule has 3 aliphatic rings. The number of likely N-dealkylation sites (N-methyl/N-ethyl adjacent to an activating group) is 1. The summed E-state index contributed by atoms with van der Waals surface area (Å²) in [7, 11) is 0.396. The highest BCUT2D eigenvalue weighted by molar-refractivity contribution is 7.89. The van der Waals surface area contributed by atoms with E-state index in [0.717, 1.165) is 32.1 Å². The van der Waals surface area contributed by atoms with Crippen LogP contribution in [0.2, 0.25) is 0 Å². The molecule has 0 radical (unpaired) electrons. The van der Waals surface area contributed by atoms with Gasteiger partial charge in [0.25, 0.3) is 10.0 Å². The SMILES string of the molecule is CN1[C@H](Cc2ccccc2)[C@@H]2C[C@@]3(C)[C@H](CCCC[C@@H]13)N2S(=O)(=O)c1cn(C)cn1. The van der Waals surface area contributed by atoms with E-state index in [9.17, 15) is 8.42 Å². The Morgan fingerprint density at radius 1 is 1.10 bits per heavy atom. The summed E-state index contributed by atoms with van der Waals surface area (Å²) in [6.45, 7) is 2.34. The summed E-state index contributed by atoms with van der Waals surface area (Å²) in [5, 5.41) is 0.183. The maximum atomic E-state index is 13.9. The summed E-state index contributed by atoms with van der Waals surface area (Å²) in [6.07, 6.45) is 9.40. The number of benzene rings is 1. The Hall–Kier alpha value is -1.70. The van der Waals surface area contributed by atoms with Crippen molar-refractivity contribution < 1.29 is 8.42 Å². The molecule has 2 aromatic rings. The van der Waals surface area contributed by atoms with Gasteiger partial charge >= 0.3 is 0 Å². The van der Waals surface area contributed by atoms with Crippen LogP contribution in [-0.4, -0.2) is 58.4 Å². The normalized spacial score (nSPS) is 34.8. The molecule has 0 spiro atoms. The van der Waals surface area contributed by atoms with Crippen LogP contribution in [0.25, 0.3) is 0 Å². The lowest BCUT2D eigenvalue weighted by Crippen LogP contribution is -2.58. The van der Waals surface area contributed by atoms with Crippen molar-refractivity contribution in [3.63, 3.8) is 0 Å². The molecule has 1 aromatic carbocycles. The maximum absolute atomic E-state index is 13.9. The zero-order chi connectivity index (χ0) is 21.1. The molecule has 1 aliphatic carbocycles. The summed E-state index contributed by atoms with van der Waals surface area (Å²) < 4.78 is 31.4. The van der Waals surface area contributed by atoms with E-state index in [1.807, 2.05) is 17.4 Å². The van der Waals surface area contributed by atoms with E-state index < -0.39 is 10.0 Å². The number of hydrogen-bond donors (Lipinski definition) is 0. The van der Waals surface area contributed by atoms with Crippen LogP contribution in [0.1, 0.15) is 44.6 Å². The molecule has 6 nitrogen and oxygen atoms in total. The van der Waals surface area contributed by atoms with E-state index in [-0.39, 0.29) is 28.6 Å². The molecule has 1 saturated carbocycles. The minimum absolute atomic E-state index is 0.00897. The van der Waals surface area contributed by atoms with Gasteiger partial charge < -0.3 is 4.57 Å². The van der Waals surface area contributed by atoms with Gasteiger partial charge in [0, 0.05) is 42.8 Å². The number of piperidine rings is 1. The van der Waals surface area contributed by atoms with Crippen LogP contribution in [0.15, 0.2) is 47.9 Å². The Kier molecular flexibility index (Phi) is 4.84. The van der Waals surface area contributed by atoms with Crippen molar-refractivity contribution >= 4 is 10.0 Å². The number of aromatic nitrogens is 2. The van der Waals surface area contributed by atoms with Gasteiger partial charge in [0.1, 0.15) is 0 Å². The average molecular weight is 429 g/mol. The zero-order valence-electron chi connectivity index (χ0n) is 18.1. The molecule has 2 aliphatic heterocycles. The lowest BCUT2D eigenvalue weighted by atomic mass is 9.69. The van der Waals surface area contributed by atoms with Crippen molar-refractivity contribution in [1.82, 2.24) is 18.8 Å².